The number of carbonyl (C=O) groups is 1. The summed E-state index contributed by atoms with van der Waals surface area (Å²) in [5.74, 6) is -0.398. The Balaban J connectivity index is 1.87. The Kier molecular flexibility index (Phi) is 7.24. The number of esters is 1. The van der Waals surface area contributed by atoms with Crippen molar-refractivity contribution in [1.29, 1.82) is 0 Å². The molecule has 0 radical (unpaired) electrons. The number of nitrogens with zero attached hydrogens (tertiary/aromatic N) is 5. The molecule has 214 valence electrons. The van der Waals surface area contributed by atoms with Gasteiger partial charge in [-0.1, -0.05) is 49.2 Å². The monoisotopic (exact) mass is 578 g/mol. The number of carbonyl (C=O) groups excluding carboxylic acids is 1. The van der Waals surface area contributed by atoms with E-state index in [0.29, 0.717) is 22.0 Å². The minimum absolute atomic E-state index is 0.0929. The van der Waals surface area contributed by atoms with Crippen LogP contribution >= 0.6 is 11.6 Å². The summed E-state index contributed by atoms with van der Waals surface area (Å²) in [5, 5.41) is 8.56. The molecule has 1 atom stereocenters. The van der Waals surface area contributed by atoms with Crippen LogP contribution in [0.5, 0.6) is 11.9 Å². The van der Waals surface area contributed by atoms with E-state index < -0.39 is 17.4 Å². The Labute approximate surface area is 242 Å². The van der Waals surface area contributed by atoms with Crippen LogP contribution in [0, 0.1) is 6.92 Å². The maximum Gasteiger partial charge on any atom is 0.359 e. The Morgan fingerprint density at radius 3 is 2.63 bits per heavy atom. The van der Waals surface area contributed by atoms with Gasteiger partial charge in [0.05, 0.1) is 43.8 Å². The molecular weight excluding hydrogens is 548 g/mol. The summed E-state index contributed by atoms with van der Waals surface area (Å²) in [6.45, 7) is 8.02. The number of pyridine rings is 1. The first-order chi connectivity index (χ1) is 19.5. The van der Waals surface area contributed by atoms with Crippen LogP contribution in [-0.4, -0.2) is 51.1 Å². The van der Waals surface area contributed by atoms with Gasteiger partial charge in [0, 0.05) is 24.2 Å². The van der Waals surface area contributed by atoms with E-state index in [1.807, 2.05) is 19.1 Å². The van der Waals surface area contributed by atoms with Crippen molar-refractivity contribution in [3.8, 4) is 17.6 Å². The lowest BCUT2D eigenvalue weighted by molar-refractivity contribution is 0.0517. The van der Waals surface area contributed by atoms with Crippen molar-refractivity contribution in [2.75, 3.05) is 26.1 Å². The molecule has 3 heterocycles. The molecule has 0 amide bonds. The van der Waals surface area contributed by atoms with Crippen LogP contribution in [0.1, 0.15) is 65.2 Å². The maximum atomic E-state index is 13.5. The van der Waals surface area contributed by atoms with Crippen molar-refractivity contribution in [1.82, 2.24) is 24.3 Å². The third-order valence-corrected chi connectivity index (χ3v) is 7.44. The highest BCUT2D eigenvalue weighted by atomic mass is 35.5. The fourth-order valence-corrected chi connectivity index (χ4v) is 5.65. The molecule has 0 saturated carbocycles. The van der Waals surface area contributed by atoms with Crippen molar-refractivity contribution in [2.45, 2.75) is 39.2 Å². The van der Waals surface area contributed by atoms with E-state index >= 15 is 0 Å². The minimum atomic E-state index is -0.670. The number of nitrogens with one attached hydrogen (secondary N) is 1. The highest BCUT2D eigenvalue weighted by Crippen LogP contribution is 2.49. The van der Waals surface area contributed by atoms with Gasteiger partial charge in [0.25, 0.3) is 5.56 Å². The van der Waals surface area contributed by atoms with Crippen LogP contribution in [0.25, 0.3) is 5.69 Å². The molecule has 3 aromatic heterocycles. The van der Waals surface area contributed by atoms with Crippen molar-refractivity contribution in [3.05, 3.63) is 85.7 Å². The molecule has 1 aliphatic rings. The fraction of sp³-hybridized carbons (Fsp3) is 0.345. The van der Waals surface area contributed by atoms with E-state index in [0.717, 1.165) is 16.7 Å². The topological polar surface area (TPSA) is 122 Å². The fourth-order valence-electron chi connectivity index (χ4n) is 5.39. The number of benzene rings is 1. The number of anilines is 1. The van der Waals surface area contributed by atoms with Crippen LogP contribution in [-0.2, 0) is 17.2 Å². The van der Waals surface area contributed by atoms with Gasteiger partial charge in [0.1, 0.15) is 11.4 Å². The summed E-state index contributed by atoms with van der Waals surface area (Å²) < 4.78 is 19.3. The Morgan fingerprint density at radius 1 is 1.20 bits per heavy atom. The molecular formula is C29H31ClN6O5. The summed E-state index contributed by atoms with van der Waals surface area (Å²) in [5.41, 5.74) is 4.00. The van der Waals surface area contributed by atoms with Crippen LogP contribution in [0.3, 0.4) is 0 Å². The molecule has 5 rings (SSSR count). The van der Waals surface area contributed by atoms with Gasteiger partial charge in [-0.15, -0.1) is 0 Å². The minimum Gasteiger partial charge on any atom is -0.479 e. The molecule has 41 heavy (non-hydrogen) atoms. The van der Waals surface area contributed by atoms with Gasteiger partial charge in [-0.05, 0) is 31.0 Å². The second kappa shape index (κ2) is 10.5. The molecule has 1 N–H and O–H groups in total. The maximum absolute atomic E-state index is 13.5. The molecule has 0 spiro atoms. The van der Waals surface area contributed by atoms with Crippen molar-refractivity contribution in [2.24, 2.45) is 7.05 Å². The third-order valence-electron chi connectivity index (χ3n) is 7.23. The second-order valence-corrected chi connectivity index (χ2v) is 10.7. The van der Waals surface area contributed by atoms with Crippen LogP contribution in [0.15, 0.2) is 41.5 Å². The number of halogens is 1. The highest BCUT2D eigenvalue weighted by molar-refractivity contribution is 6.30. The van der Waals surface area contributed by atoms with Gasteiger partial charge < -0.3 is 24.1 Å². The molecule has 1 unspecified atom stereocenters. The quantitative estimate of drug-likeness (QED) is 0.319. The average Bonchev–Trinajstić information content (AvgIpc) is 3.35. The Morgan fingerprint density at radius 2 is 1.95 bits per heavy atom. The van der Waals surface area contributed by atoms with Crippen molar-refractivity contribution in [3.63, 3.8) is 0 Å². The normalized spacial score (nSPS) is 15.1. The lowest BCUT2D eigenvalue weighted by atomic mass is 9.69. The SMILES string of the molecule is CCOC(=O)c1nn(-c2cnc(OC)nc2OC)c2c1C(Nc1cc(Cl)cn(C)c1=O)c1ccc(C)cc1C2(C)C. The molecule has 1 aliphatic carbocycles. The van der Waals surface area contributed by atoms with E-state index in [9.17, 15) is 9.59 Å². The number of methoxy groups -OCH3 is 2. The van der Waals surface area contributed by atoms with E-state index in [-0.39, 0.29) is 35.4 Å². The number of hydrogen-bond acceptors (Lipinski definition) is 9. The largest absolute Gasteiger partial charge is 0.479 e. The van der Waals surface area contributed by atoms with Crippen molar-refractivity contribution >= 4 is 23.3 Å². The summed E-state index contributed by atoms with van der Waals surface area (Å²) in [4.78, 5) is 35.3. The average molecular weight is 579 g/mol. The molecule has 11 nitrogen and oxygen atoms in total. The predicted molar refractivity (Wildman–Crippen MR) is 154 cm³/mol. The molecule has 0 saturated heterocycles. The number of ether oxygens (including phenoxy) is 3. The van der Waals surface area contributed by atoms with Crippen LogP contribution in [0.4, 0.5) is 5.69 Å². The smallest absolute Gasteiger partial charge is 0.359 e. The number of fused-ring (bicyclic) bond motifs is 2. The first-order valence-corrected chi connectivity index (χ1v) is 13.4. The van der Waals surface area contributed by atoms with Gasteiger partial charge in [-0.25, -0.2) is 14.5 Å². The number of aromatic nitrogens is 5. The molecule has 0 bridgehead atoms. The lowest BCUT2D eigenvalue weighted by Crippen LogP contribution is -2.35. The highest BCUT2D eigenvalue weighted by Gasteiger charge is 2.45. The molecule has 4 aromatic rings. The number of aryl methyl sites for hydroxylation is 2. The van der Waals surface area contributed by atoms with E-state index in [4.69, 9.17) is 30.9 Å². The number of hydrogen-bond donors (Lipinski definition) is 1. The van der Waals surface area contributed by atoms with Gasteiger partial charge >= 0.3 is 12.0 Å². The van der Waals surface area contributed by atoms with E-state index in [1.54, 1.807) is 30.9 Å². The zero-order valence-electron chi connectivity index (χ0n) is 23.9. The first-order valence-electron chi connectivity index (χ1n) is 13.0. The number of rotatable bonds is 7. The van der Waals surface area contributed by atoms with Crippen LogP contribution < -0.4 is 20.3 Å². The Hall–Kier alpha value is -4.38. The van der Waals surface area contributed by atoms with Gasteiger partial charge in [-0.2, -0.15) is 10.1 Å². The molecule has 1 aromatic carbocycles. The molecule has 0 fully saturated rings. The molecule has 12 heteroatoms. The summed E-state index contributed by atoms with van der Waals surface area (Å²) >= 11 is 6.34. The van der Waals surface area contributed by atoms with Gasteiger partial charge in [0.15, 0.2) is 5.69 Å². The first kappa shape index (κ1) is 28.2. The third kappa shape index (κ3) is 4.69. The van der Waals surface area contributed by atoms with Gasteiger partial charge in [-0.3, -0.25) is 4.79 Å². The van der Waals surface area contributed by atoms with E-state index in [2.05, 4.69) is 35.2 Å². The van der Waals surface area contributed by atoms with Crippen molar-refractivity contribution < 1.29 is 19.0 Å². The zero-order chi connectivity index (χ0) is 29.6. The lowest BCUT2D eigenvalue weighted by Gasteiger charge is -2.39. The summed E-state index contributed by atoms with van der Waals surface area (Å²) in [6.07, 6.45) is 3.07. The standard InChI is InChI=1S/C29H31ClN6O5/c1-8-41-27(38)23-21-22(32-19-12-16(30)14-35(5)26(19)37)17-10-9-15(2)11-18(17)29(3,4)24(21)36(34-23)20-13-31-28(40-7)33-25(20)39-6/h9-14,22,32H,8H2,1-7H3. The molecule has 0 aliphatic heterocycles. The second-order valence-electron chi connectivity index (χ2n) is 10.3. The van der Waals surface area contributed by atoms with Crippen LogP contribution in [0.2, 0.25) is 5.02 Å². The zero-order valence-corrected chi connectivity index (χ0v) is 24.7. The summed E-state index contributed by atoms with van der Waals surface area (Å²) in [7, 11) is 4.57. The predicted octanol–water partition coefficient (Wildman–Crippen LogP) is 4.36. The van der Waals surface area contributed by atoms with Gasteiger partial charge in [0.2, 0.25) is 5.88 Å². The Bertz CT molecular complexity index is 1730. The van der Waals surface area contributed by atoms with E-state index in [1.165, 1.54) is 25.0 Å². The summed E-state index contributed by atoms with van der Waals surface area (Å²) in [6, 6.07) is 7.15.